The minimum absolute atomic E-state index is 0.407. The molecule has 5 heteroatoms. The highest BCUT2D eigenvalue weighted by atomic mass is 16.4. The largest absolute Gasteiger partial charge is 0.425 e. The molecule has 0 bridgehead atoms. The molecule has 0 radical (unpaired) electrons. The summed E-state index contributed by atoms with van der Waals surface area (Å²) in [5, 5.41) is 17.3. The summed E-state index contributed by atoms with van der Waals surface area (Å²) in [6.07, 6.45) is 9.44. The lowest BCUT2D eigenvalue weighted by Gasteiger charge is -2.25. The molecule has 0 spiro atoms. The van der Waals surface area contributed by atoms with Crippen molar-refractivity contribution < 1.29 is 4.42 Å². The van der Waals surface area contributed by atoms with E-state index in [1.165, 1.54) is 25.7 Å². The standard InChI is InChI=1S/C16H26N4O/c1-11-3-7-14(8-4-11)18-19-15-9-5-13(6-10-15)16-20-17-12(2)21-16/h11,13-15H,3-10H2,1-2H3. The van der Waals surface area contributed by atoms with Gasteiger partial charge in [-0.15, -0.1) is 10.2 Å². The van der Waals surface area contributed by atoms with Crippen molar-refractivity contribution in [3.05, 3.63) is 11.8 Å². The Labute approximate surface area is 126 Å². The summed E-state index contributed by atoms with van der Waals surface area (Å²) in [5.74, 6) is 2.78. The number of rotatable bonds is 3. The second-order valence-corrected chi connectivity index (χ2v) is 6.81. The summed E-state index contributed by atoms with van der Waals surface area (Å²) in [6.45, 7) is 4.19. The third-order valence-corrected chi connectivity index (χ3v) is 4.97. The van der Waals surface area contributed by atoms with E-state index in [4.69, 9.17) is 4.42 Å². The van der Waals surface area contributed by atoms with Gasteiger partial charge >= 0.3 is 0 Å². The molecule has 2 aliphatic carbocycles. The van der Waals surface area contributed by atoms with Crippen LogP contribution in [0.1, 0.15) is 76.0 Å². The van der Waals surface area contributed by atoms with E-state index in [9.17, 15) is 0 Å². The van der Waals surface area contributed by atoms with Gasteiger partial charge in [-0.2, -0.15) is 10.2 Å². The molecular formula is C16H26N4O. The van der Waals surface area contributed by atoms with Gasteiger partial charge in [-0.1, -0.05) is 6.92 Å². The first-order valence-electron chi connectivity index (χ1n) is 8.40. The average Bonchev–Trinajstić information content (AvgIpc) is 2.94. The van der Waals surface area contributed by atoms with Crippen LogP contribution in [0.15, 0.2) is 14.6 Å². The molecule has 1 heterocycles. The van der Waals surface area contributed by atoms with Crippen LogP contribution in [-0.4, -0.2) is 22.3 Å². The van der Waals surface area contributed by atoms with Crippen molar-refractivity contribution in [2.75, 3.05) is 0 Å². The van der Waals surface area contributed by atoms with E-state index in [-0.39, 0.29) is 0 Å². The van der Waals surface area contributed by atoms with Crippen molar-refractivity contribution in [3.63, 3.8) is 0 Å². The lowest BCUT2D eigenvalue weighted by molar-refractivity contribution is 0.313. The maximum Gasteiger partial charge on any atom is 0.219 e. The van der Waals surface area contributed by atoms with Crippen LogP contribution in [-0.2, 0) is 0 Å². The van der Waals surface area contributed by atoms with E-state index < -0.39 is 0 Å². The SMILES string of the molecule is Cc1nnc(C2CCC(N=NC3CCC(C)CC3)CC2)o1. The van der Waals surface area contributed by atoms with E-state index in [1.807, 2.05) is 6.92 Å². The second kappa shape index (κ2) is 6.67. The van der Waals surface area contributed by atoms with Gasteiger partial charge in [-0.05, 0) is 57.3 Å². The van der Waals surface area contributed by atoms with E-state index in [0.717, 1.165) is 37.5 Å². The number of hydrogen-bond acceptors (Lipinski definition) is 5. The van der Waals surface area contributed by atoms with Gasteiger partial charge < -0.3 is 4.42 Å². The molecule has 0 saturated heterocycles. The summed E-state index contributed by atoms with van der Waals surface area (Å²) in [4.78, 5) is 0. The van der Waals surface area contributed by atoms with Crippen molar-refractivity contribution in [2.45, 2.75) is 83.2 Å². The van der Waals surface area contributed by atoms with Crippen molar-refractivity contribution in [3.8, 4) is 0 Å². The zero-order valence-electron chi connectivity index (χ0n) is 13.2. The number of aromatic nitrogens is 2. The van der Waals surface area contributed by atoms with Crippen molar-refractivity contribution in [2.24, 2.45) is 16.1 Å². The van der Waals surface area contributed by atoms with Gasteiger partial charge in [0.1, 0.15) is 0 Å². The normalized spacial score (nSPS) is 34.4. The maximum absolute atomic E-state index is 5.55. The average molecular weight is 290 g/mol. The Kier molecular flexibility index (Phi) is 4.66. The van der Waals surface area contributed by atoms with Gasteiger partial charge in [-0.25, -0.2) is 0 Å². The molecule has 2 saturated carbocycles. The highest BCUT2D eigenvalue weighted by Crippen LogP contribution is 2.34. The number of nitrogens with zero attached hydrogens (tertiary/aromatic N) is 4. The molecule has 0 aromatic carbocycles. The molecule has 21 heavy (non-hydrogen) atoms. The lowest BCUT2D eigenvalue weighted by Crippen LogP contribution is -2.18. The zero-order chi connectivity index (χ0) is 14.7. The van der Waals surface area contributed by atoms with Gasteiger partial charge in [0.2, 0.25) is 11.8 Å². The minimum atomic E-state index is 0.407. The Balaban J connectivity index is 1.45. The van der Waals surface area contributed by atoms with Crippen LogP contribution in [0.5, 0.6) is 0 Å². The lowest BCUT2D eigenvalue weighted by atomic mass is 9.86. The smallest absolute Gasteiger partial charge is 0.219 e. The first-order valence-corrected chi connectivity index (χ1v) is 8.40. The third kappa shape index (κ3) is 3.89. The molecule has 1 aromatic heterocycles. The molecule has 2 fully saturated rings. The first-order chi connectivity index (χ1) is 10.2. The maximum atomic E-state index is 5.55. The summed E-state index contributed by atoms with van der Waals surface area (Å²) < 4.78 is 5.55. The molecule has 2 aliphatic rings. The highest BCUT2D eigenvalue weighted by molar-refractivity contribution is 4.94. The monoisotopic (exact) mass is 290 g/mol. The van der Waals surface area contributed by atoms with Crippen LogP contribution in [0.3, 0.4) is 0 Å². The molecule has 0 atom stereocenters. The zero-order valence-corrected chi connectivity index (χ0v) is 13.2. The van der Waals surface area contributed by atoms with Crippen molar-refractivity contribution in [1.82, 2.24) is 10.2 Å². The molecule has 1 aromatic rings. The molecule has 0 unspecified atom stereocenters. The fraction of sp³-hybridized carbons (Fsp3) is 0.875. The second-order valence-electron chi connectivity index (χ2n) is 6.81. The van der Waals surface area contributed by atoms with Crippen LogP contribution >= 0.6 is 0 Å². The fourth-order valence-corrected chi connectivity index (χ4v) is 3.46. The molecule has 0 amide bonds. The summed E-state index contributed by atoms with van der Waals surface area (Å²) >= 11 is 0. The van der Waals surface area contributed by atoms with E-state index in [2.05, 4.69) is 27.3 Å². The quantitative estimate of drug-likeness (QED) is 0.773. The summed E-state index contributed by atoms with van der Waals surface area (Å²) in [7, 11) is 0. The molecular weight excluding hydrogens is 264 g/mol. The topological polar surface area (TPSA) is 63.6 Å². The Morgan fingerprint density at radius 2 is 1.43 bits per heavy atom. The van der Waals surface area contributed by atoms with Crippen LogP contribution in [0.2, 0.25) is 0 Å². The first kappa shape index (κ1) is 14.7. The van der Waals surface area contributed by atoms with Gasteiger partial charge in [0.25, 0.3) is 0 Å². The summed E-state index contributed by atoms with van der Waals surface area (Å²) in [5.41, 5.74) is 0. The van der Waals surface area contributed by atoms with Crippen molar-refractivity contribution in [1.29, 1.82) is 0 Å². The third-order valence-electron chi connectivity index (χ3n) is 4.97. The molecule has 5 nitrogen and oxygen atoms in total. The predicted octanol–water partition coefficient (Wildman–Crippen LogP) is 4.44. The van der Waals surface area contributed by atoms with Crippen molar-refractivity contribution >= 4 is 0 Å². The molecule has 3 rings (SSSR count). The van der Waals surface area contributed by atoms with Gasteiger partial charge in [0.15, 0.2) is 0 Å². The van der Waals surface area contributed by atoms with Gasteiger partial charge in [0, 0.05) is 12.8 Å². The van der Waals surface area contributed by atoms with E-state index in [0.29, 0.717) is 23.9 Å². The van der Waals surface area contributed by atoms with Gasteiger partial charge in [-0.3, -0.25) is 0 Å². The van der Waals surface area contributed by atoms with Crippen LogP contribution in [0.4, 0.5) is 0 Å². The predicted molar refractivity (Wildman–Crippen MR) is 80.3 cm³/mol. The Morgan fingerprint density at radius 3 is 1.95 bits per heavy atom. The van der Waals surface area contributed by atoms with Gasteiger partial charge in [0.05, 0.1) is 12.1 Å². The highest BCUT2D eigenvalue weighted by Gasteiger charge is 2.26. The minimum Gasteiger partial charge on any atom is -0.425 e. The van der Waals surface area contributed by atoms with Crippen LogP contribution < -0.4 is 0 Å². The van der Waals surface area contributed by atoms with E-state index >= 15 is 0 Å². The Morgan fingerprint density at radius 1 is 0.857 bits per heavy atom. The number of azo groups is 1. The van der Waals surface area contributed by atoms with Crippen LogP contribution in [0.25, 0.3) is 0 Å². The number of aryl methyl sites for hydroxylation is 1. The number of hydrogen-bond donors (Lipinski definition) is 0. The Bertz CT molecular complexity index is 468. The fourth-order valence-electron chi connectivity index (χ4n) is 3.46. The molecule has 116 valence electrons. The molecule has 0 N–H and O–H groups in total. The van der Waals surface area contributed by atoms with E-state index in [1.54, 1.807) is 0 Å². The Hall–Kier alpha value is -1.26. The van der Waals surface area contributed by atoms with Crippen LogP contribution in [0, 0.1) is 12.8 Å². The summed E-state index contributed by atoms with van der Waals surface area (Å²) in [6, 6.07) is 0.891. The molecule has 0 aliphatic heterocycles.